The van der Waals surface area contributed by atoms with Gasteiger partial charge >= 0.3 is 6.09 Å². The molecule has 0 radical (unpaired) electrons. The third-order valence-electron chi connectivity index (χ3n) is 8.69. The lowest BCUT2D eigenvalue weighted by Crippen LogP contribution is -2.50. The molecular formula is C27H30N6O3. The number of aliphatic hydroxyl groups is 1. The van der Waals surface area contributed by atoms with Gasteiger partial charge in [-0.15, -0.1) is 0 Å². The van der Waals surface area contributed by atoms with Gasteiger partial charge in [0.15, 0.2) is 5.82 Å². The zero-order valence-electron chi connectivity index (χ0n) is 20.9. The lowest BCUT2D eigenvalue weighted by atomic mass is 9.59. The van der Waals surface area contributed by atoms with Crippen molar-refractivity contribution < 1.29 is 14.6 Å². The van der Waals surface area contributed by atoms with Crippen LogP contribution >= 0.6 is 0 Å². The Morgan fingerprint density at radius 1 is 1.17 bits per heavy atom. The standard InChI is InChI=1S/C27H30N6O3/c1-24(2,35)21-12-30-22(13-29-21)33-16-27(36-23(33)34)9-8-26(6-7-26)25(3,14-27)15-32-17-31-19-5-4-18(11-28)10-20(19)32/h4-5,10,12-13,17,35H,6-9,14-16H2,1-3H3/t25-,27-/m0/s1. The van der Waals surface area contributed by atoms with E-state index in [4.69, 9.17) is 4.74 Å². The lowest BCUT2D eigenvalue weighted by molar-refractivity contribution is -0.0668. The SMILES string of the molecule is CC(C)(O)c1cnc(N2C[C@@]3(CCC4(CC4)[C@](C)(Cn4cnc5ccc(C#N)cc54)C3)OC2=O)cn1. The number of amides is 1. The molecule has 2 aromatic heterocycles. The van der Waals surface area contributed by atoms with Crippen molar-refractivity contribution in [1.29, 1.82) is 5.26 Å². The van der Waals surface area contributed by atoms with Crippen LogP contribution in [0.4, 0.5) is 10.6 Å². The Kier molecular flexibility index (Phi) is 4.77. The van der Waals surface area contributed by atoms with Crippen molar-refractivity contribution in [3.8, 4) is 6.07 Å². The van der Waals surface area contributed by atoms with Crippen LogP contribution in [0.15, 0.2) is 36.9 Å². The van der Waals surface area contributed by atoms with Gasteiger partial charge in [0.25, 0.3) is 0 Å². The largest absolute Gasteiger partial charge is 0.441 e. The number of hydrogen-bond acceptors (Lipinski definition) is 7. The predicted molar refractivity (Wildman–Crippen MR) is 132 cm³/mol. The summed E-state index contributed by atoms with van der Waals surface area (Å²) < 4.78 is 8.27. The highest BCUT2D eigenvalue weighted by molar-refractivity contribution is 5.89. The molecule has 3 heterocycles. The van der Waals surface area contributed by atoms with E-state index in [0.717, 1.165) is 36.8 Å². The molecule has 1 amide bonds. The maximum absolute atomic E-state index is 13.0. The number of hydrogen-bond donors (Lipinski definition) is 1. The third kappa shape index (κ3) is 3.54. The first-order valence-electron chi connectivity index (χ1n) is 12.5. The molecule has 9 nitrogen and oxygen atoms in total. The Bertz CT molecular complexity index is 1400. The zero-order chi connectivity index (χ0) is 25.3. The molecule has 3 aliphatic rings. The molecule has 6 rings (SSSR count). The summed E-state index contributed by atoms with van der Waals surface area (Å²) in [6.07, 6.45) is 9.43. The average molecular weight is 487 g/mol. The Hall–Kier alpha value is -3.51. The van der Waals surface area contributed by atoms with Crippen molar-refractivity contribution in [2.75, 3.05) is 11.4 Å². The van der Waals surface area contributed by atoms with Gasteiger partial charge in [0.05, 0.1) is 53.6 Å². The van der Waals surface area contributed by atoms with Crippen LogP contribution in [0.25, 0.3) is 11.0 Å². The lowest BCUT2D eigenvalue weighted by Gasteiger charge is -2.49. The van der Waals surface area contributed by atoms with E-state index in [0.29, 0.717) is 23.6 Å². The van der Waals surface area contributed by atoms with Crippen molar-refractivity contribution in [3.63, 3.8) is 0 Å². The monoisotopic (exact) mass is 486 g/mol. The number of aromatic nitrogens is 4. The Morgan fingerprint density at radius 3 is 2.61 bits per heavy atom. The highest BCUT2D eigenvalue weighted by Crippen LogP contribution is 2.69. The van der Waals surface area contributed by atoms with Crippen molar-refractivity contribution in [3.05, 3.63) is 48.2 Å². The number of carbonyl (C=O) groups excluding carboxylic acids is 1. The van der Waals surface area contributed by atoms with Gasteiger partial charge in [0.1, 0.15) is 11.2 Å². The number of ether oxygens (including phenoxy) is 1. The Labute approximate surface area is 209 Å². The molecule has 2 aliphatic carbocycles. The maximum Gasteiger partial charge on any atom is 0.416 e. The van der Waals surface area contributed by atoms with Crippen LogP contribution in [0.1, 0.15) is 64.1 Å². The Morgan fingerprint density at radius 2 is 1.94 bits per heavy atom. The maximum atomic E-state index is 13.0. The number of imidazole rings is 1. The van der Waals surface area contributed by atoms with E-state index in [1.54, 1.807) is 24.8 Å². The van der Waals surface area contributed by atoms with Crippen molar-refractivity contribution in [1.82, 2.24) is 19.5 Å². The van der Waals surface area contributed by atoms with Crippen molar-refractivity contribution in [2.45, 2.75) is 70.6 Å². The summed E-state index contributed by atoms with van der Waals surface area (Å²) in [5.41, 5.74) is 1.33. The third-order valence-corrected chi connectivity index (χ3v) is 8.69. The van der Waals surface area contributed by atoms with E-state index in [1.165, 1.54) is 25.2 Å². The molecule has 36 heavy (non-hydrogen) atoms. The van der Waals surface area contributed by atoms with Crippen LogP contribution in [0, 0.1) is 22.2 Å². The van der Waals surface area contributed by atoms with Crippen LogP contribution in [0.5, 0.6) is 0 Å². The van der Waals surface area contributed by atoms with E-state index in [1.807, 2.05) is 18.5 Å². The van der Waals surface area contributed by atoms with Crippen molar-refractivity contribution in [2.24, 2.45) is 10.8 Å². The Balaban J connectivity index is 1.28. The summed E-state index contributed by atoms with van der Waals surface area (Å²) in [4.78, 5) is 27.9. The molecule has 0 bridgehead atoms. The zero-order valence-corrected chi connectivity index (χ0v) is 20.9. The fourth-order valence-corrected chi connectivity index (χ4v) is 6.41. The van der Waals surface area contributed by atoms with E-state index < -0.39 is 17.3 Å². The second-order valence-corrected chi connectivity index (χ2v) is 11.7. The molecule has 1 N–H and O–H groups in total. The van der Waals surface area contributed by atoms with E-state index in [-0.39, 0.29) is 10.8 Å². The van der Waals surface area contributed by atoms with Crippen molar-refractivity contribution >= 4 is 22.9 Å². The molecule has 186 valence electrons. The number of nitriles is 1. The molecule has 9 heteroatoms. The van der Waals surface area contributed by atoms with Gasteiger partial charge < -0.3 is 14.4 Å². The molecule has 2 spiro atoms. The van der Waals surface area contributed by atoms with Gasteiger partial charge in [0, 0.05) is 6.54 Å². The quantitative estimate of drug-likeness (QED) is 0.584. The number of rotatable bonds is 4. The topological polar surface area (TPSA) is 117 Å². The fourth-order valence-electron chi connectivity index (χ4n) is 6.41. The highest BCUT2D eigenvalue weighted by atomic mass is 16.6. The predicted octanol–water partition coefficient (Wildman–Crippen LogP) is 4.29. The molecular weight excluding hydrogens is 456 g/mol. The first kappa shape index (κ1) is 22.9. The van der Waals surface area contributed by atoms with Crippen LogP contribution in [0.3, 0.4) is 0 Å². The van der Waals surface area contributed by atoms with Crippen LogP contribution < -0.4 is 4.90 Å². The molecule has 2 atom stereocenters. The summed E-state index contributed by atoms with van der Waals surface area (Å²) >= 11 is 0. The van der Waals surface area contributed by atoms with Gasteiger partial charge in [-0.3, -0.25) is 9.88 Å². The first-order chi connectivity index (χ1) is 17.1. The minimum atomic E-state index is -1.10. The molecule has 3 fully saturated rings. The van der Waals surface area contributed by atoms with Gasteiger partial charge in [-0.05, 0) is 75.0 Å². The summed E-state index contributed by atoms with van der Waals surface area (Å²) in [5.74, 6) is 0.433. The summed E-state index contributed by atoms with van der Waals surface area (Å²) in [6, 6.07) is 7.81. The van der Waals surface area contributed by atoms with Gasteiger partial charge in [0.2, 0.25) is 0 Å². The second kappa shape index (κ2) is 7.50. The molecule has 1 aliphatic heterocycles. The van der Waals surface area contributed by atoms with Gasteiger partial charge in [-0.25, -0.2) is 14.8 Å². The first-order valence-corrected chi connectivity index (χ1v) is 12.5. The summed E-state index contributed by atoms with van der Waals surface area (Å²) in [5, 5.41) is 19.6. The van der Waals surface area contributed by atoms with Crippen LogP contribution in [-0.4, -0.2) is 42.9 Å². The molecule has 1 saturated heterocycles. The fraction of sp³-hybridized carbons (Fsp3) is 0.519. The number of carbonyl (C=O) groups is 1. The second-order valence-electron chi connectivity index (χ2n) is 11.7. The number of anilines is 1. The van der Waals surface area contributed by atoms with E-state index >= 15 is 0 Å². The van der Waals surface area contributed by atoms with Crippen LogP contribution in [0.2, 0.25) is 0 Å². The van der Waals surface area contributed by atoms with Gasteiger partial charge in [-0.2, -0.15) is 5.26 Å². The molecule has 0 unspecified atom stereocenters. The average Bonchev–Trinajstić information content (AvgIpc) is 3.45. The van der Waals surface area contributed by atoms with E-state index in [9.17, 15) is 15.2 Å². The molecule has 3 aromatic rings. The summed E-state index contributed by atoms with van der Waals surface area (Å²) in [7, 11) is 0. The minimum absolute atomic E-state index is 0.103. The summed E-state index contributed by atoms with van der Waals surface area (Å²) in [6.45, 7) is 6.79. The van der Waals surface area contributed by atoms with E-state index in [2.05, 4.69) is 32.5 Å². The highest BCUT2D eigenvalue weighted by Gasteiger charge is 2.65. The smallest absolute Gasteiger partial charge is 0.416 e. The molecule has 2 saturated carbocycles. The number of benzene rings is 1. The minimum Gasteiger partial charge on any atom is -0.441 e. The van der Waals surface area contributed by atoms with Crippen LogP contribution in [-0.2, 0) is 16.9 Å². The molecule has 1 aromatic carbocycles. The number of fused-ring (bicyclic) bond motifs is 1. The van der Waals surface area contributed by atoms with Gasteiger partial charge in [-0.1, -0.05) is 6.92 Å². The number of nitrogens with zero attached hydrogens (tertiary/aromatic N) is 6. The normalized spacial score (nSPS) is 27.0.